The van der Waals surface area contributed by atoms with E-state index in [0.29, 0.717) is 16.5 Å². The molecule has 1 heterocycles. The van der Waals surface area contributed by atoms with E-state index in [1.807, 2.05) is 6.92 Å². The number of carbonyl (C=O) groups is 1. The monoisotopic (exact) mass is 311 g/mol. The number of methoxy groups -OCH3 is 1. The number of nitrogens with zero attached hydrogens (tertiary/aromatic N) is 2. The van der Waals surface area contributed by atoms with E-state index in [9.17, 15) is 4.79 Å². The molecule has 6 heteroatoms. The molecule has 0 bridgehead atoms. The van der Waals surface area contributed by atoms with E-state index >= 15 is 0 Å². The summed E-state index contributed by atoms with van der Waals surface area (Å²) in [7, 11) is 3.66. The highest BCUT2D eigenvalue weighted by atomic mass is 35.5. The molecule has 1 N–H and O–H groups in total. The number of anilines is 1. The molecule has 5 nitrogen and oxygen atoms in total. The molecule has 1 aliphatic rings. The Balaban J connectivity index is 1.95. The first kappa shape index (κ1) is 16.1. The van der Waals surface area contributed by atoms with Crippen molar-refractivity contribution in [3.05, 3.63) is 23.2 Å². The number of rotatable bonds is 4. The molecule has 1 aromatic rings. The number of halogens is 1. The maximum Gasteiger partial charge on any atom is 0.241 e. The van der Waals surface area contributed by atoms with Crippen molar-refractivity contribution < 1.29 is 9.53 Å². The Bertz CT molecular complexity index is 502. The molecule has 1 aromatic carbocycles. The third-order valence-corrected chi connectivity index (χ3v) is 4.18. The minimum atomic E-state index is -0.153. The van der Waals surface area contributed by atoms with Crippen molar-refractivity contribution in [3.8, 4) is 5.75 Å². The topological polar surface area (TPSA) is 44.8 Å². The largest absolute Gasteiger partial charge is 0.495 e. The summed E-state index contributed by atoms with van der Waals surface area (Å²) in [5.74, 6) is 0.586. The number of likely N-dealkylation sites (N-methyl/N-ethyl adjacent to an activating group) is 1. The number of carbonyl (C=O) groups excluding carboxylic acids is 1. The van der Waals surface area contributed by atoms with E-state index in [0.717, 1.165) is 26.2 Å². The lowest BCUT2D eigenvalue weighted by molar-refractivity contribution is -0.121. The second kappa shape index (κ2) is 7.11. The minimum Gasteiger partial charge on any atom is -0.495 e. The number of ether oxygens (including phenoxy) is 1. The molecule has 0 aromatic heterocycles. The number of hydrogen-bond donors (Lipinski definition) is 1. The van der Waals surface area contributed by atoms with Crippen molar-refractivity contribution in [2.75, 3.05) is 45.7 Å². The molecule has 0 saturated carbocycles. The summed E-state index contributed by atoms with van der Waals surface area (Å²) < 4.78 is 5.10. The second-order valence-electron chi connectivity index (χ2n) is 5.35. The first-order valence-corrected chi connectivity index (χ1v) is 7.46. The van der Waals surface area contributed by atoms with Gasteiger partial charge in [0.05, 0.1) is 18.2 Å². The van der Waals surface area contributed by atoms with E-state index in [4.69, 9.17) is 16.3 Å². The molecule has 21 heavy (non-hydrogen) atoms. The zero-order valence-corrected chi connectivity index (χ0v) is 13.5. The van der Waals surface area contributed by atoms with Crippen LogP contribution in [0, 0.1) is 0 Å². The second-order valence-corrected chi connectivity index (χ2v) is 5.76. The predicted octanol–water partition coefficient (Wildman–Crippen LogP) is 1.92. The van der Waals surface area contributed by atoms with Gasteiger partial charge >= 0.3 is 0 Å². The van der Waals surface area contributed by atoms with Crippen LogP contribution in [0.25, 0.3) is 0 Å². The van der Waals surface area contributed by atoms with Crippen molar-refractivity contribution in [2.24, 2.45) is 0 Å². The third-order valence-electron chi connectivity index (χ3n) is 3.88. The standard InChI is InChI=1S/C15H22ClN3O2/c1-11(19-8-6-18(2)7-9-19)15(20)17-12-4-5-14(21-3)13(16)10-12/h4-5,10-11H,6-9H2,1-3H3,(H,17,20)/t11-/m1/s1. The lowest BCUT2D eigenvalue weighted by Crippen LogP contribution is -2.51. The van der Waals surface area contributed by atoms with Crippen LogP contribution in [0.2, 0.25) is 5.02 Å². The Morgan fingerprint density at radius 1 is 1.33 bits per heavy atom. The minimum absolute atomic E-state index is 0.0132. The van der Waals surface area contributed by atoms with Gasteiger partial charge in [-0.15, -0.1) is 0 Å². The highest BCUT2D eigenvalue weighted by Gasteiger charge is 2.24. The molecule has 116 valence electrons. The summed E-state index contributed by atoms with van der Waals surface area (Å²) in [6, 6.07) is 5.09. The molecule has 0 aliphatic carbocycles. The van der Waals surface area contributed by atoms with Crippen LogP contribution >= 0.6 is 11.6 Å². The van der Waals surface area contributed by atoms with Gasteiger partial charge in [0, 0.05) is 31.9 Å². The molecule has 1 atom stereocenters. The highest BCUT2D eigenvalue weighted by Crippen LogP contribution is 2.27. The van der Waals surface area contributed by atoms with Crippen LogP contribution in [0.15, 0.2) is 18.2 Å². The number of amides is 1. The van der Waals surface area contributed by atoms with E-state index in [1.165, 1.54) is 0 Å². The normalized spacial score (nSPS) is 18.3. The maximum absolute atomic E-state index is 12.3. The summed E-state index contributed by atoms with van der Waals surface area (Å²) in [5.41, 5.74) is 0.687. The SMILES string of the molecule is COc1ccc(NC(=O)[C@@H](C)N2CCN(C)CC2)cc1Cl. The van der Waals surface area contributed by atoms with E-state index in [1.54, 1.807) is 25.3 Å². The average molecular weight is 312 g/mol. The number of piperazine rings is 1. The fourth-order valence-electron chi connectivity index (χ4n) is 2.37. The zero-order valence-electron chi connectivity index (χ0n) is 12.7. The molecule has 0 spiro atoms. The summed E-state index contributed by atoms with van der Waals surface area (Å²) in [4.78, 5) is 16.8. The van der Waals surface area contributed by atoms with Gasteiger partial charge in [0.1, 0.15) is 5.75 Å². The number of benzene rings is 1. The van der Waals surface area contributed by atoms with E-state index in [-0.39, 0.29) is 11.9 Å². The lowest BCUT2D eigenvalue weighted by atomic mass is 10.2. The molecule has 1 amide bonds. The van der Waals surface area contributed by atoms with Crippen LogP contribution in [0.4, 0.5) is 5.69 Å². The van der Waals surface area contributed by atoms with E-state index < -0.39 is 0 Å². The van der Waals surface area contributed by atoms with E-state index in [2.05, 4.69) is 22.2 Å². The van der Waals surface area contributed by atoms with Gasteiger partial charge < -0.3 is 15.0 Å². The van der Waals surface area contributed by atoms with Crippen molar-refractivity contribution in [2.45, 2.75) is 13.0 Å². The maximum atomic E-state index is 12.3. The Hall–Kier alpha value is -1.30. The fourth-order valence-corrected chi connectivity index (χ4v) is 2.62. The van der Waals surface area contributed by atoms with Gasteiger partial charge in [0.2, 0.25) is 5.91 Å². The number of hydrogen-bond acceptors (Lipinski definition) is 4. The van der Waals surface area contributed by atoms with Gasteiger partial charge in [-0.2, -0.15) is 0 Å². The van der Waals surface area contributed by atoms with Crippen LogP contribution in [0.1, 0.15) is 6.92 Å². The van der Waals surface area contributed by atoms with Crippen molar-refractivity contribution in [1.82, 2.24) is 9.80 Å². The van der Waals surface area contributed by atoms with Gasteiger partial charge in [-0.05, 0) is 32.2 Å². The van der Waals surface area contributed by atoms with Crippen molar-refractivity contribution in [3.63, 3.8) is 0 Å². The van der Waals surface area contributed by atoms with Crippen LogP contribution < -0.4 is 10.1 Å². The first-order chi connectivity index (χ1) is 10.0. The zero-order chi connectivity index (χ0) is 15.4. The first-order valence-electron chi connectivity index (χ1n) is 7.08. The quantitative estimate of drug-likeness (QED) is 0.923. The Kier molecular flexibility index (Phi) is 5.45. The summed E-state index contributed by atoms with van der Waals surface area (Å²) in [5, 5.41) is 3.40. The lowest BCUT2D eigenvalue weighted by Gasteiger charge is -2.35. The number of nitrogens with one attached hydrogen (secondary N) is 1. The Morgan fingerprint density at radius 3 is 2.57 bits per heavy atom. The highest BCUT2D eigenvalue weighted by molar-refractivity contribution is 6.32. The molecule has 1 fully saturated rings. The molecule has 1 aliphatic heterocycles. The average Bonchev–Trinajstić information content (AvgIpc) is 2.47. The third kappa shape index (κ3) is 4.09. The summed E-state index contributed by atoms with van der Waals surface area (Å²) in [6.45, 7) is 5.74. The molecule has 1 saturated heterocycles. The molecular weight excluding hydrogens is 290 g/mol. The van der Waals surface area contributed by atoms with Gasteiger partial charge in [-0.25, -0.2) is 0 Å². The predicted molar refractivity (Wildman–Crippen MR) is 85.2 cm³/mol. The summed E-state index contributed by atoms with van der Waals surface area (Å²) >= 11 is 6.07. The molecule has 0 radical (unpaired) electrons. The van der Waals surface area contributed by atoms with Crippen molar-refractivity contribution >= 4 is 23.2 Å². The van der Waals surface area contributed by atoms with Crippen LogP contribution in [-0.4, -0.2) is 62.1 Å². The van der Waals surface area contributed by atoms with Crippen LogP contribution in [0.3, 0.4) is 0 Å². The summed E-state index contributed by atoms with van der Waals surface area (Å²) in [6.07, 6.45) is 0. The molecule has 2 rings (SSSR count). The molecule has 0 unspecified atom stereocenters. The van der Waals surface area contributed by atoms with Crippen LogP contribution in [-0.2, 0) is 4.79 Å². The molecular formula is C15H22ClN3O2. The van der Waals surface area contributed by atoms with Gasteiger partial charge in [-0.3, -0.25) is 9.69 Å². The van der Waals surface area contributed by atoms with Crippen molar-refractivity contribution in [1.29, 1.82) is 0 Å². The van der Waals surface area contributed by atoms with Crippen LogP contribution in [0.5, 0.6) is 5.75 Å². The Labute approximate surface area is 130 Å². The van der Waals surface area contributed by atoms with Gasteiger partial charge in [-0.1, -0.05) is 11.6 Å². The Morgan fingerprint density at radius 2 is 2.00 bits per heavy atom. The smallest absolute Gasteiger partial charge is 0.241 e. The fraction of sp³-hybridized carbons (Fsp3) is 0.533. The van der Waals surface area contributed by atoms with Gasteiger partial charge in [0.15, 0.2) is 0 Å². The van der Waals surface area contributed by atoms with Gasteiger partial charge in [0.25, 0.3) is 0 Å².